The Morgan fingerprint density at radius 2 is 2.13 bits per heavy atom. The zero-order chi connectivity index (χ0) is 11.5. The lowest BCUT2D eigenvalue weighted by molar-refractivity contribution is -0.150. The number of hydrogen-bond acceptors (Lipinski definition) is 4. The summed E-state index contributed by atoms with van der Waals surface area (Å²) in [5, 5.41) is 1.81. The molecule has 1 aromatic rings. The molecule has 0 N–H and O–H groups in total. The van der Waals surface area contributed by atoms with Crippen molar-refractivity contribution in [1.82, 2.24) is 0 Å². The molecular formula is C11H14O3S. The summed E-state index contributed by atoms with van der Waals surface area (Å²) in [4.78, 5) is 24.1. The first-order valence-electron chi connectivity index (χ1n) is 4.75. The summed E-state index contributed by atoms with van der Waals surface area (Å²) in [7, 11) is 0. The monoisotopic (exact) mass is 226 g/mol. The predicted octanol–water partition coefficient (Wildman–Crippen LogP) is 2.52. The molecule has 0 amide bonds. The zero-order valence-electron chi connectivity index (χ0n) is 9.07. The number of ether oxygens (including phenoxy) is 1. The van der Waals surface area contributed by atoms with E-state index in [9.17, 15) is 9.59 Å². The van der Waals surface area contributed by atoms with E-state index in [2.05, 4.69) is 0 Å². The Balaban J connectivity index is 2.86. The highest BCUT2D eigenvalue weighted by molar-refractivity contribution is 7.12. The smallest absolute Gasteiger partial charge is 0.319 e. The first-order chi connectivity index (χ1) is 7.00. The lowest BCUT2D eigenvalue weighted by Crippen LogP contribution is -2.34. The van der Waals surface area contributed by atoms with Gasteiger partial charge in [0, 0.05) is 0 Å². The number of hydrogen-bond donors (Lipinski definition) is 0. The molecule has 0 radical (unpaired) electrons. The zero-order valence-corrected chi connectivity index (χ0v) is 9.89. The van der Waals surface area contributed by atoms with E-state index in [-0.39, 0.29) is 5.78 Å². The minimum absolute atomic E-state index is 0.184. The summed E-state index contributed by atoms with van der Waals surface area (Å²) in [5.74, 6) is -0.653. The molecule has 82 valence electrons. The molecule has 0 unspecified atom stereocenters. The fourth-order valence-corrected chi connectivity index (χ4v) is 1.94. The third-order valence-electron chi connectivity index (χ3n) is 2.10. The molecule has 1 aromatic heterocycles. The van der Waals surface area contributed by atoms with Gasteiger partial charge in [-0.05, 0) is 32.2 Å². The summed E-state index contributed by atoms with van der Waals surface area (Å²) in [6, 6.07) is 3.51. The standard InChI is InChI=1S/C11H14O3S/c1-4-14-10(13)11(2,3)9(12)8-6-5-7-15-8/h5-7H,4H2,1-3H3. The second kappa shape index (κ2) is 4.57. The van der Waals surface area contributed by atoms with E-state index in [1.165, 1.54) is 11.3 Å². The fraction of sp³-hybridized carbons (Fsp3) is 0.455. The molecule has 0 aliphatic heterocycles. The SMILES string of the molecule is CCOC(=O)C(C)(C)C(=O)c1cccs1. The number of rotatable bonds is 4. The van der Waals surface area contributed by atoms with Crippen LogP contribution in [-0.2, 0) is 9.53 Å². The normalized spacial score (nSPS) is 11.1. The summed E-state index contributed by atoms with van der Waals surface area (Å²) < 4.78 is 4.87. The van der Waals surface area contributed by atoms with Crippen molar-refractivity contribution in [2.24, 2.45) is 5.41 Å². The molecule has 0 aromatic carbocycles. The lowest BCUT2D eigenvalue weighted by atomic mass is 9.87. The Morgan fingerprint density at radius 1 is 1.47 bits per heavy atom. The second-order valence-corrected chi connectivity index (χ2v) is 4.60. The molecular weight excluding hydrogens is 212 g/mol. The molecule has 3 nitrogen and oxygen atoms in total. The van der Waals surface area contributed by atoms with Crippen LogP contribution in [-0.4, -0.2) is 18.4 Å². The van der Waals surface area contributed by atoms with Gasteiger partial charge < -0.3 is 4.74 Å². The van der Waals surface area contributed by atoms with Crippen molar-refractivity contribution < 1.29 is 14.3 Å². The van der Waals surface area contributed by atoms with Gasteiger partial charge in [-0.2, -0.15) is 0 Å². The summed E-state index contributed by atoms with van der Waals surface area (Å²) in [6.07, 6.45) is 0. The Labute approximate surface area is 93.1 Å². The van der Waals surface area contributed by atoms with Gasteiger partial charge in [-0.3, -0.25) is 9.59 Å². The second-order valence-electron chi connectivity index (χ2n) is 3.65. The molecule has 15 heavy (non-hydrogen) atoms. The molecule has 0 aliphatic carbocycles. The molecule has 4 heteroatoms. The van der Waals surface area contributed by atoms with E-state index in [4.69, 9.17) is 4.74 Å². The van der Waals surface area contributed by atoms with Crippen LogP contribution in [0, 0.1) is 5.41 Å². The number of esters is 1. The van der Waals surface area contributed by atoms with Gasteiger partial charge in [0.25, 0.3) is 0 Å². The fourth-order valence-electron chi connectivity index (χ4n) is 1.12. The van der Waals surface area contributed by atoms with Gasteiger partial charge in [0.2, 0.25) is 0 Å². The average molecular weight is 226 g/mol. The summed E-state index contributed by atoms with van der Waals surface area (Å²) in [5.41, 5.74) is -1.10. The predicted molar refractivity (Wildman–Crippen MR) is 59.1 cm³/mol. The van der Waals surface area contributed by atoms with Crippen LogP contribution >= 0.6 is 11.3 Å². The van der Waals surface area contributed by atoms with Crippen molar-refractivity contribution in [2.45, 2.75) is 20.8 Å². The van der Waals surface area contributed by atoms with Crippen LogP contribution in [0.1, 0.15) is 30.4 Å². The molecule has 0 saturated heterocycles. The molecule has 0 spiro atoms. The van der Waals surface area contributed by atoms with Gasteiger partial charge in [0.15, 0.2) is 5.78 Å². The third-order valence-corrected chi connectivity index (χ3v) is 2.97. The van der Waals surface area contributed by atoms with Crippen LogP contribution in [0.3, 0.4) is 0 Å². The lowest BCUT2D eigenvalue weighted by Gasteiger charge is -2.19. The van der Waals surface area contributed by atoms with Crippen molar-refractivity contribution in [2.75, 3.05) is 6.61 Å². The molecule has 1 rings (SSSR count). The van der Waals surface area contributed by atoms with Crippen LogP contribution in [0.25, 0.3) is 0 Å². The largest absolute Gasteiger partial charge is 0.465 e. The van der Waals surface area contributed by atoms with Gasteiger partial charge in [-0.25, -0.2) is 0 Å². The average Bonchev–Trinajstić information content (AvgIpc) is 2.69. The van der Waals surface area contributed by atoms with Crippen LogP contribution in [0.15, 0.2) is 17.5 Å². The van der Waals surface area contributed by atoms with Gasteiger partial charge in [-0.1, -0.05) is 6.07 Å². The number of carbonyl (C=O) groups is 2. The molecule has 0 aliphatic rings. The number of thiophene rings is 1. The Hall–Kier alpha value is -1.16. The highest BCUT2D eigenvalue weighted by Gasteiger charge is 2.38. The van der Waals surface area contributed by atoms with Crippen LogP contribution in [0.5, 0.6) is 0 Å². The Kier molecular flexibility index (Phi) is 3.63. The van der Waals surface area contributed by atoms with Gasteiger partial charge in [0.1, 0.15) is 5.41 Å². The van der Waals surface area contributed by atoms with E-state index in [1.807, 2.05) is 5.38 Å². The highest BCUT2D eigenvalue weighted by atomic mass is 32.1. The van der Waals surface area contributed by atoms with Crippen molar-refractivity contribution >= 4 is 23.1 Å². The van der Waals surface area contributed by atoms with Crippen molar-refractivity contribution in [3.63, 3.8) is 0 Å². The van der Waals surface area contributed by atoms with Crippen molar-refractivity contribution in [1.29, 1.82) is 0 Å². The maximum atomic E-state index is 12.0. The van der Waals surface area contributed by atoms with Crippen molar-refractivity contribution in [3.05, 3.63) is 22.4 Å². The number of Topliss-reactive ketones (excluding diaryl/α,β-unsaturated/α-hetero) is 1. The molecule has 0 saturated carbocycles. The summed E-state index contributed by atoms with van der Waals surface area (Å²) >= 11 is 1.34. The van der Waals surface area contributed by atoms with E-state index >= 15 is 0 Å². The van der Waals surface area contributed by atoms with E-state index in [0.29, 0.717) is 11.5 Å². The third kappa shape index (κ3) is 2.45. The van der Waals surface area contributed by atoms with Gasteiger partial charge >= 0.3 is 5.97 Å². The van der Waals surface area contributed by atoms with Crippen LogP contribution in [0.4, 0.5) is 0 Å². The maximum absolute atomic E-state index is 12.0. The van der Waals surface area contributed by atoms with Crippen molar-refractivity contribution in [3.8, 4) is 0 Å². The highest BCUT2D eigenvalue weighted by Crippen LogP contribution is 2.26. The molecule has 0 bridgehead atoms. The quantitative estimate of drug-likeness (QED) is 0.450. The van der Waals surface area contributed by atoms with E-state index in [1.54, 1.807) is 32.9 Å². The summed E-state index contributed by atoms with van der Waals surface area (Å²) in [6.45, 7) is 5.20. The van der Waals surface area contributed by atoms with E-state index in [0.717, 1.165) is 0 Å². The minimum atomic E-state index is -1.10. The molecule has 0 fully saturated rings. The molecule has 1 heterocycles. The van der Waals surface area contributed by atoms with Crippen LogP contribution in [0.2, 0.25) is 0 Å². The first-order valence-corrected chi connectivity index (χ1v) is 5.63. The Morgan fingerprint density at radius 3 is 2.60 bits per heavy atom. The van der Waals surface area contributed by atoms with E-state index < -0.39 is 11.4 Å². The Bertz CT molecular complexity index is 352. The number of carbonyl (C=O) groups excluding carboxylic acids is 2. The maximum Gasteiger partial charge on any atom is 0.319 e. The van der Waals surface area contributed by atoms with Gasteiger partial charge in [0.05, 0.1) is 11.5 Å². The number of ketones is 1. The van der Waals surface area contributed by atoms with Gasteiger partial charge in [-0.15, -0.1) is 11.3 Å². The topological polar surface area (TPSA) is 43.4 Å². The molecule has 0 atom stereocenters. The first kappa shape index (κ1) is 11.9. The minimum Gasteiger partial charge on any atom is -0.465 e. The van der Waals surface area contributed by atoms with Crippen LogP contribution < -0.4 is 0 Å².